The second kappa shape index (κ2) is 4.12. The molecule has 2 fully saturated rings. The fourth-order valence-electron chi connectivity index (χ4n) is 3.21. The van der Waals surface area contributed by atoms with Crippen LogP contribution in [0.25, 0.3) is 0 Å². The van der Waals surface area contributed by atoms with E-state index in [-0.39, 0.29) is 5.56 Å². The molecule has 3 rings (SSSR count). The summed E-state index contributed by atoms with van der Waals surface area (Å²) in [6, 6.07) is 8.16. The molecule has 2 nitrogen and oxygen atoms in total. The fraction of sp³-hybridized carbons (Fsp3) is 0.500. The number of hydrogen-bond donors (Lipinski definition) is 1. The van der Waals surface area contributed by atoms with Gasteiger partial charge < -0.3 is 5.32 Å². The van der Waals surface area contributed by atoms with E-state index in [4.69, 9.17) is 5.26 Å². The van der Waals surface area contributed by atoms with Crippen LogP contribution in [0, 0.1) is 17.1 Å². The quantitative estimate of drug-likeness (QED) is 0.805. The molecule has 1 N–H and O–H groups in total. The lowest BCUT2D eigenvalue weighted by atomic mass is 9.85. The lowest BCUT2D eigenvalue weighted by Gasteiger charge is -2.29. The molecule has 88 valence electrons. The van der Waals surface area contributed by atoms with E-state index in [1.54, 1.807) is 6.07 Å². The third-order valence-electron chi connectivity index (χ3n) is 4.06. The second-order valence-electron chi connectivity index (χ2n) is 5.16. The predicted molar refractivity (Wildman–Crippen MR) is 63.0 cm³/mol. The molecule has 17 heavy (non-hydrogen) atoms. The van der Waals surface area contributed by atoms with Gasteiger partial charge in [0.15, 0.2) is 0 Å². The van der Waals surface area contributed by atoms with E-state index in [0.29, 0.717) is 18.0 Å². The zero-order valence-corrected chi connectivity index (χ0v) is 9.62. The number of hydrogen-bond acceptors (Lipinski definition) is 2. The van der Waals surface area contributed by atoms with Crippen molar-refractivity contribution in [1.29, 1.82) is 5.26 Å². The molecule has 0 amide bonds. The molecule has 3 atom stereocenters. The summed E-state index contributed by atoms with van der Waals surface area (Å²) in [5.74, 6) is 0.0783. The van der Waals surface area contributed by atoms with Crippen molar-refractivity contribution in [3.63, 3.8) is 0 Å². The van der Waals surface area contributed by atoms with Crippen molar-refractivity contribution in [3.05, 3.63) is 35.1 Å². The van der Waals surface area contributed by atoms with Crippen LogP contribution in [0.4, 0.5) is 4.39 Å². The van der Waals surface area contributed by atoms with E-state index < -0.39 is 5.82 Å². The highest BCUT2D eigenvalue weighted by Crippen LogP contribution is 2.37. The minimum atomic E-state index is -0.409. The summed E-state index contributed by atoms with van der Waals surface area (Å²) in [6.07, 6.45) is 4.75. The third-order valence-corrected chi connectivity index (χ3v) is 4.06. The minimum absolute atomic E-state index is 0.174. The van der Waals surface area contributed by atoms with E-state index in [1.807, 2.05) is 12.1 Å². The maximum atomic E-state index is 13.3. The molecule has 0 aliphatic carbocycles. The van der Waals surface area contributed by atoms with Gasteiger partial charge in [0.1, 0.15) is 11.9 Å². The maximum absolute atomic E-state index is 13.3. The summed E-state index contributed by atoms with van der Waals surface area (Å²) in [4.78, 5) is 0. The second-order valence-corrected chi connectivity index (χ2v) is 5.16. The van der Waals surface area contributed by atoms with Gasteiger partial charge in [-0.3, -0.25) is 0 Å². The van der Waals surface area contributed by atoms with Crippen LogP contribution >= 0.6 is 0 Å². The van der Waals surface area contributed by atoms with Gasteiger partial charge >= 0.3 is 0 Å². The van der Waals surface area contributed by atoms with Crippen molar-refractivity contribution in [2.75, 3.05) is 0 Å². The Morgan fingerprint density at radius 3 is 2.59 bits per heavy atom. The Balaban J connectivity index is 1.87. The van der Waals surface area contributed by atoms with E-state index >= 15 is 0 Å². The molecule has 1 unspecified atom stereocenters. The van der Waals surface area contributed by atoms with E-state index in [0.717, 1.165) is 18.4 Å². The Morgan fingerprint density at radius 1 is 1.24 bits per heavy atom. The molecule has 2 bridgehead atoms. The number of rotatable bonds is 1. The summed E-state index contributed by atoms with van der Waals surface area (Å²) in [5, 5.41) is 12.4. The van der Waals surface area contributed by atoms with Crippen molar-refractivity contribution in [3.8, 4) is 6.07 Å². The first-order valence-corrected chi connectivity index (χ1v) is 6.22. The number of piperidine rings is 1. The Bertz CT molecular complexity index is 466. The van der Waals surface area contributed by atoms with E-state index in [1.165, 1.54) is 18.9 Å². The molecule has 2 heterocycles. The highest BCUT2D eigenvalue weighted by atomic mass is 19.1. The Morgan fingerprint density at radius 2 is 1.94 bits per heavy atom. The number of benzene rings is 1. The van der Waals surface area contributed by atoms with Crippen molar-refractivity contribution in [2.24, 2.45) is 0 Å². The standard InChI is InChI=1S/C14H15FN2/c15-14-4-1-9(5-11(14)8-16)10-6-12-2-3-13(7-10)17-12/h1,4-5,10,12-13,17H,2-3,6-7H2/t10?,12-,13+. The minimum Gasteiger partial charge on any atom is -0.311 e. The number of fused-ring (bicyclic) bond motifs is 2. The molecular formula is C14H15FN2. The predicted octanol–water partition coefficient (Wildman–Crippen LogP) is 2.70. The molecule has 0 aromatic heterocycles. The Kier molecular flexibility index (Phi) is 2.60. The maximum Gasteiger partial charge on any atom is 0.140 e. The first-order chi connectivity index (χ1) is 8.26. The van der Waals surface area contributed by atoms with Gasteiger partial charge in [-0.15, -0.1) is 0 Å². The molecule has 1 aromatic carbocycles. The van der Waals surface area contributed by atoms with Gasteiger partial charge in [0, 0.05) is 12.1 Å². The van der Waals surface area contributed by atoms with Gasteiger partial charge in [-0.2, -0.15) is 5.26 Å². The smallest absolute Gasteiger partial charge is 0.140 e. The number of nitrogens with zero attached hydrogens (tertiary/aromatic N) is 1. The molecule has 1 aromatic rings. The van der Waals surface area contributed by atoms with Gasteiger partial charge in [-0.05, 0) is 49.3 Å². The van der Waals surface area contributed by atoms with Crippen LogP contribution in [0.5, 0.6) is 0 Å². The molecule has 2 aliphatic rings. The normalized spacial score (nSPS) is 31.2. The molecule has 2 aliphatic heterocycles. The van der Waals surface area contributed by atoms with Gasteiger partial charge in [-0.1, -0.05) is 6.07 Å². The van der Waals surface area contributed by atoms with Crippen molar-refractivity contribution >= 4 is 0 Å². The molecule has 2 saturated heterocycles. The number of halogens is 1. The highest BCUT2D eigenvalue weighted by Gasteiger charge is 2.34. The van der Waals surface area contributed by atoms with Gasteiger partial charge in [0.25, 0.3) is 0 Å². The zero-order valence-electron chi connectivity index (χ0n) is 9.62. The van der Waals surface area contributed by atoms with Crippen LogP contribution in [0.1, 0.15) is 42.7 Å². The van der Waals surface area contributed by atoms with E-state index in [9.17, 15) is 4.39 Å². The third kappa shape index (κ3) is 1.94. The summed E-state index contributed by atoms with van der Waals surface area (Å²) in [6.45, 7) is 0. The van der Waals surface area contributed by atoms with Crippen LogP contribution in [0.2, 0.25) is 0 Å². The highest BCUT2D eigenvalue weighted by molar-refractivity contribution is 5.36. The van der Waals surface area contributed by atoms with Gasteiger partial charge in [0.05, 0.1) is 5.56 Å². The lowest BCUT2D eigenvalue weighted by Crippen LogP contribution is -2.37. The van der Waals surface area contributed by atoms with Crippen LogP contribution in [-0.4, -0.2) is 12.1 Å². The van der Waals surface area contributed by atoms with Crippen LogP contribution in [0.15, 0.2) is 18.2 Å². The van der Waals surface area contributed by atoms with Crippen LogP contribution < -0.4 is 5.32 Å². The SMILES string of the molecule is N#Cc1cc(C2C[C@H]3CC[C@@H](C2)N3)ccc1F. The monoisotopic (exact) mass is 230 g/mol. The van der Waals surface area contributed by atoms with Gasteiger partial charge in [0.2, 0.25) is 0 Å². The molecule has 0 saturated carbocycles. The van der Waals surface area contributed by atoms with Crippen molar-refractivity contribution in [2.45, 2.75) is 43.7 Å². The van der Waals surface area contributed by atoms with Crippen LogP contribution in [-0.2, 0) is 0 Å². The van der Waals surface area contributed by atoms with Crippen molar-refractivity contribution < 1.29 is 4.39 Å². The summed E-state index contributed by atoms with van der Waals surface area (Å²) < 4.78 is 13.3. The molecule has 0 spiro atoms. The summed E-state index contributed by atoms with van der Waals surface area (Å²) in [7, 11) is 0. The first kappa shape index (κ1) is 10.7. The topological polar surface area (TPSA) is 35.8 Å². The van der Waals surface area contributed by atoms with Gasteiger partial charge in [-0.25, -0.2) is 4.39 Å². The average Bonchev–Trinajstić information content (AvgIpc) is 2.69. The molecule has 0 radical (unpaired) electrons. The zero-order chi connectivity index (χ0) is 11.8. The number of nitrogens with one attached hydrogen (secondary N) is 1. The van der Waals surface area contributed by atoms with Crippen molar-refractivity contribution in [1.82, 2.24) is 5.32 Å². The summed E-state index contributed by atoms with van der Waals surface area (Å²) in [5.41, 5.74) is 1.30. The summed E-state index contributed by atoms with van der Waals surface area (Å²) >= 11 is 0. The molecular weight excluding hydrogens is 215 g/mol. The molecule has 3 heteroatoms. The number of nitriles is 1. The fourth-order valence-corrected chi connectivity index (χ4v) is 3.21. The average molecular weight is 230 g/mol. The van der Waals surface area contributed by atoms with E-state index in [2.05, 4.69) is 5.32 Å². The lowest BCUT2D eigenvalue weighted by molar-refractivity contribution is 0.363. The first-order valence-electron chi connectivity index (χ1n) is 6.22. The Labute approximate surface area is 100 Å². The largest absolute Gasteiger partial charge is 0.311 e. The Hall–Kier alpha value is -1.40. The van der Waals surface area contributed by atoms with Crippen LogP contribution in [0.3, 0.4) is 0 Å².